The van der Waals surface area contributed by atoms with Crippen LogP contribution in [-0.4, -0.2) is 48.5 Å². The number of rotatable bonds is 8. The van der Waals surface area contributed by atoms with Crippen LogP contribution in [0.4, 0.5) is 4.79 Å². The zero-order valence-electron chi connectivity index (χ0n) is 17.8. The van der Waals surface area contributed by atoms with E-state index < -0.39 is 17.7 Å². The lowest BCUT2D eigenvalue weighted by Gasteiger charge is -2.29. The Bertz CT molecular complexity index is 682. The summed E-state index contributed by atoms with van der Waals surface area (Å²) in [7, 11) is 1.57. The summed E-state index contributed by atoms with van der Waals surface area (Å²) in [6.07, 6.45) is 1.16. The van der Waals surface area contributed by atoms with Gasteiger partial charge in [-0.25, -0.2) is 4.79 Å². The van der Waals surface area contributed by atoms with Gasteiger partial charge in [0.05, 0.1) is 0 Å². The molecule has 7 nitrogen and oxygen atoms in total. The van der Waals surface area contributed by atoms with Crippen molar-refractivity contribution in [2.24, 2.45) is 0 Å². The van der Waals surface area contributed by atoms with Crippen LogP contribution in [0.2, 0.25) is 0 Å². The molecule has 28 heavy (non-hydrogen) atoms. The number of aryl methyl sites for hydroxylation is 1. The molecular formula is C21H33N3O4. The molecule has 0 spiro atoms. The molecule has 1 unspecified atom stereocenters. The Labute approximate surface area is 167 Å². The van der Waals surface area contributed by atoms with E-state index in [-0.39, 0.29) is 18.4 Å². The smallest absolute Gasteiger partial charge is 0.408 e. The maximum Gasteiger partial charge on any atom is 0.408 e. The minimum Gasteiger partial charge on any atom is -0.444 e. The number of nitrogens with zero attached hydrogens (tertiary/aromatic N) is 1. The molecule has 1 atom stereocenters. The van der Waals surface area contributed by atoms with E-state index >= 15 is 0 Å². The first kappa shape index (κ1) is 23.5. The first-order valence-electron chi connectivity index (χ1n) is 9.62. The Balaban J connectivity index is 2.90. The van der Waals surface area contributed by atoms with Gasteiger partial charge in [0, 0.05) is 13.6 Å². The van der Waals surface area contributed by atoms with Gasteiger partial charge in [-0.3, -0.25) is 9.59 Å². The molecule has 0 fully saturated rings. The van der Waals surface area contributed by atoms with Crippen LogP contribution in [0.3, 0.4) is 0 Å². The summed E-state index contributed by atoms with van der Waals surface area (Å²) in [5.41, 5.74) is 1.02. The van der Waals surface area contributed by atoms with Gasteiger partial charge in [-0.05, 0) is 45.2 Å². The Morgan fingerprint density at radius 3 is 2.36 bits per heavy atom. The van der Waals surface area contributed by atoms with Crippen LogP contribution < -0.4 is 10.6 Å². The van der Waals surface area contributed by atoms with Gasteiger partial charge in [-0.2, -0.15) is 0 Å². The molecular weight excluding hydrogens is 358 g/mol. The van der Waals surface area contributed by atoms with Gasteiger partial charge in [0.25, 0.3) is 0 Å². The van der Waals surface area contributed by atoms with Gasteiger partial charge in [0.15, 0.2) is 0 Å². The van der Waals surface area contributed by atoms with E-state index in [4.69, 9.17) is 4.74 Å². The Kier molecular flexibility index (Phi) is 8.96. The van der Waals surface area contributed by atoms with Crippen LogP contribution in [0.1, 0.15) is 57.7 Å². The number of ether oxygens (including phenoxy) is 1. The zero-order chi connectivity index (χ0) is 21.3. The summed E-state index contributed by atoms with van der Waals surface area (Å²) in [6, 6.07) is 6.69. The lowest BCUT2D eigenvalue weighted by atomic mass is 9.99. The van der Waals surface area contributed by atoms with Gasteiger partial charge < -0.3 is 20.3 Å². The van der Waals surface area contributed by atoms with Crippen molar-refractivity contribution < 1.29 is 19.1 Å². The number of likely N-dealkylation sites (N-methyl/N-ethyl adjacent to an activating group) is 1. The molecule has 0 aromatic heterocycles. The summed E-state index contributed by atoms with van der Waals surface area (Å²) in [5.74, 6) is -0.624. The molecule has 3 amide bonds. The fourth-order valence-corrected chi connectivity index (χ4v) is 2.64. The Morgan fingerprint density at radius 2 is 1.79 bits per heavy atom. The van der Waals surface area contributed by atoms with E-state index in [0.29, 0.717) is 6.54 Å². The summed E-state index contributed by atoms with van der Waals surface area (Å²) >= 11 is 0. The Hall–Kier alpha value is -2.57. The lowest BCUT2D eigenvalue weighted by Crippen LogP contribution is -2.46. The molecule has 0 aliphatic heterocycles. The van der Waals surface area contributed by atoms with Crippen LogP contribution in [0.15, 0.2) is 24.3 Å². The van der Waals surface area contributed by atoms with Crippen molar-refractivity contribution in [1.29, 1.82) is 0 Å². The van der Waals surface area contributed by atoms with Crippen LogP contribution in [0, 0.1) is 6.92 Å². The number of nitrogens with one attached hydrogen (secondary N) is 2. The number of benzene rings is 1. The van der Waals surface area contributed by atoms with E-state index in [1.54, 1.807) is 27.8 Å². The predicted octanol–water partition coefficient (Wildman–Crippen LogP) is 2.94. The van der Waals surface area contributed by atoms with Gasteiger partial charge >= 0.3 is 6.09 Å². The van der Waals surface area contributed by atoms with Crippen LogP contribution >= 0.6 is 0 Å². The summed E-state index contributed by atoms with van der Waals surface area (Å²) in [4.78, 5) is 38.6. The highest BCUT2D eigenvalue weighted by atomic mass is 16.6. The van der Waals surface area contributed by atoms with Crippen LogP contribution in [-0.2, 0) is 14.3 Å². The number of carbonyl (C=O) groups is 3. The molecule has 0 heterocycles. The van der Waals surface area contributed by atoms with Gasteiger partial charge in [0.2, 0.25) is 11.8 Å². The summed E-state index contributed by atoms with van der Waals surface area (Å²) in [6.45, 7) is 9.48. The van der Waals surface area contributed by atoms with Crippen molar-refractivity contribution in [2.75, 3.05) is 20.1 Å². The Morgan fingerprint density at radius 1 is 1.14 bits per heavy atom. The highest BCUT2D eigenvalue weighted by Gasteiger charge is 2.29. The molecule has 156 valence electrons. The number of unbranched alkanes of at least 4 members (excludes halogenated alkanes) is 1. The van der Waals surface area contributed by atoms with E-state index in [9.17, 15) is 14.4 Å². The van der Waals surface area contributed by atoms with Crippen molar-refractivity contribution in [3.8, 4) is 0 Å². The molecule has 0 saturated heterocycles. The molecule has 1 rings (SSSR count). The van der Waals surface area contributed by atoms with Crippen molar-refractivity contribution in [3.63, 3.8) is 0 Å². The number of amides is 3. The normalized spacial score (nSPS) is 12.1. The second-order valence-electron chi connectivity index (χ2n) is 7.76. The molecule has 0 saturated carbocycles. The van der Waals surface area contributed by atoms with E-state index in [2.05, 4.69) is 10.6 Å². The highest BCUT2D eigenvalue weighted by Crippen LogP contribution is 2.23. The van der Waals surface area contributed by atoms with Crippen molar-refractivity contribution >= 4 is 17.9 Å². The molecule has 0 aliphatic rings. The van der Waals surface area contributed by atoms with Gasteiger partial charge in [0.1, 0.15) is 18.2 Å². The second kappa shape index (κ2) is 10.7. The third-order valence-corrected chi connectivity index (χ3v) is 4.12. The third-order valence-electron chi connectivity index (χ3n) is 4.12. The maximum absolute atomic E-state index is 12.8. The molecule has 0 bridgehead atoms. The van der Waals surface area contributed by atoms with Crippen molar-refractivity contribution in [3.05, 3.63) is 35.4 Å². The summed E-state index contributed by atoms with van der Waals surface area (Å²) in [5, 5.41) is 5.34. The molecule has 0 radical (unpaired) electrons. The van der Waals surface area contributed by atoms with Crippen LogP contribution in [0.5, 0.6) is 0 Å². The molecule has 7 heteroatoms. The molecule has 0 aliphatic carbocycles. The molecule has 2 N–H and O–H groups in total. The quantitative estimate of drug-likeness (QED) is 0.667. The standard InChI is InChI=1S/C21H33N3O4/c1-7-8-13-22-19(26)18(16-12-10-9-11-15(16)2)24(6)17(25)14-23-20(27)28-21(3,4)5/h9-12,18H,7-8,13-14H2,1-6H3,(H,22,26)(H,23,27). The largest absolute Gasteiger partial charge is 0.444 e. The third kappa shape index (κ3) is 7.58. The zero-order valence-corrected chi connectivity index (χ0v) is 17.8. The number of hydrogen-bond donors (Lipinski definition) is 2. The van der Waals surface area contributed by atoms with Crippen LogP contribution in [0.25, 0.3) is 0 Å². The fourth-order valence-electron chi connectivity index (χ4n) is 2.64. The number of alkyl carbamates (subject to hydrolysis) is 1. The average Bonchev–Trinajstić information content (AvgIpc) is 2.60. The average molecular weight is 392 g/mol. The van der Waals surface area contributed by atoms with E-state index in [0.717, 1.165) is 24.0 Å². The first-order chi connectivity index (χ1) is 13.1. The SMILES string of the molecule is CCCCNC(=O)C(c1ccccc1C)N(C)C(=O)CNC(=O)OC(C)(C)C. The van der Waals surface area contributed by atoms with Crippen molar-refractivity contribution in [2.45, 2.75) is 59.1 Å². The minimum atomic E-state index is -0.772. The first-order valence-corrected chi connectivity index (χ1v) is 9.62. The lowest BCUT2D eigenvalue weighted by molar-refractivity contribution is -0.138. The van der Waals surface area contributed by atoms with Gasteiger partial charge in [-0.1, -0.05) is 37.6 Å². The molecule has 1 aromatic rings. The highest BCUT2D eigenvalue weighted by molar-refractivity contribution is 5.90. The van der Waals surface area contributed by atoms with Crippen molar-refractivity contribution in [1.82, 2.24) is 15.5 Å². The maximum atomic E-state index is 12.8. The number of carbonyl (C=O) groups excluding carboxylic acids is 3. The number of hydrogen-bond acceptors (Lipinski definition) is 4. The predicted molar refractivity (Wildman–Crippen MR) is 109 cm³/mol. The molecule has 1 aromatic carbocycles. The van der Waals surface area contributed by atoms with E-state index in [1.807, 2.05) is 38.1 Å². The second-order valence-corrected chi connectivity index (χ2v) is 7.76. The van der Waals surface area contributed by atoms with E-state index in [1.165, 1.54) is 4.90 Å². The minimum absolute atomic E-state index is 0.240. The topological polar surface area (TPSA) is 87.7 Å². The summed E-state index contributed by atoms with van der Waals surface area (Å²) < 4.78 is 5.14. The van der Waals surface area contributed by atoms with Gasteiger partial charge in [-0.15, -0.1) is 0 Å². The monoisotopic (exact) mass is 391 g/mol. The fraction of sp³-hybridized carbons (Fsp3) is 0.571.